The lowest BCUT2D eigenvalue weighted by atomic mass is 9.77. The molecule has 30 heavy (non-hydrogen) atoms. The number of likely N-dealkylation sites (tertiary alicyclic amines) is 1. The highest BCUT2D eigenvalue weighted by atomic mass is 16.3. The van der Waals surface area contributed by atoms with Crippen molar-refractivity contribution in [1.82, 2.24) is 14.7 Å². The zero-order valence-corrected chi connectivity index (χ0v) is 17.8. The van der Waals surface area contributed by atoms with Gasteiger partial charge in [-0.3, -0.25) is 9.48 Å². The Kier molecular flexibility index (Phi) is 4.69. The second-order valence-electron chi connectivity index (χ2n) is 9.19. The fourth-order valence-electron chi connectivity index (χ4n) is 5.56. The normalized spacial score (nSPS) is 26.3. The molecule has 2 aliphatic rings. The SMILES string of the molecule is Cc1cc(C)c2c(CC(=O)N3C[C@H]4C[C@@H](n5cccn5)[C@H](O)C[C@H]4C3)coc2c1C. The highest BCUT2D eigenvalue weighted by Gasteiger charge is 2.43. The molecule has 2 fully saturated rings. The Hall–Kier alpha value is -2.60. The van der Waals surface area contributed by atoms with Gasteiger partial charge in [-0.15, -0.1) is 0 Å². The largest absolute Gasteiger partial charge is 0.464 e. The van der Waals surface area contributed by atoms with Crippen LogP contribution in [0.2, 0.25) is 0 Å². The molecule has 4 atom stereocenters. The number of carbonyl (C=O) groups excluding carboxylic acids is 1. The van der Waals surface area contributed by atoms with Crippen molar-refractivity contribution < 1.29 is 14.3 Å². The molecular weight excluding hydrogens is 378 g/mol. The van der Waals surface area contributed by atoms with Gasteiger partial charge in [-0.05, 0) is 68.2 Å². The molecule has 0 bridgehead atoms. The lowest BCUT2D eigenvalue weighted by Crippen LogP contribution is -2.36. The van der Waals surface area contributed by atoms with Gasteiger partial charge in [0.25, 0.3) is 0 Å². The zero-order valence-electron chi connectivity index (χ0n) is 17.8. The molecular formula is C24H29N3O3. The number of amides is 1. The van der Waals surface area contributed by atoms with E-state index in [1.165, 1.54) is 5.56 Å². The quantitative estimate of drug-likeness (QED) is 0.721. The lowest BCUT2D eigenvalue weighted by Gasteiger charge is -2.35. The van der Waals surface area contributed by atoms with Gasteiger partial charge >= 0.3 is 0 Å². The molecule has 1 saturated heterocycles. The highest BCUT2D eigenvalue weighted by molar-refractivity contribution is 5.92. The minimum atomic E-state index is -0.409. The summed E-state index contributed by atoms with van der Waals surface area (Å²) in [5.74, 6) is 0.928. The van der Waals surface area contributed by atoms with Gasteiger partial charge in [0.2, 0.25) is 5.91 Å². The first-order chi connectivity index (χ1) is 14.4. The van der Waals surface area contributed by atoms with E-state index in [0.717, 1.165) is 53.6 Å². The number of aliphatic hydroxyl groups excluding tert-OH is 1. The van der Waals surface area contributed by atoms with Gasteiger partial charge in [0.15, 0.2) is 0 Å². The maximum absolute atomic E-state index is 13.2. The van der Waals surface area contributed by atoms with Crippen molar-refractivity contribution in [3.63, 3.8) is 0 Å². The Balaban J connectivity index is 1.32. The van der Waals surface area contributed by atoms with Gasteiger partial charge in [0, 0.05) is 36.4 Å². The summed E-state index contributed by atoms with van der Waals surface area (Å²) < 4.78 is 7.73. The molecule has 6 heteroatoms. The second-order valence-corrected chi connectivity index (χ2v) is 9.19. The first kappa shape index (κ1) is 19.4. The molecule has 1 aliphatic heterocycles. The molecule has 1 aliphatic carbocycles. The van der Waals surface area contributed by atoms with E-state index in [-0.39, 0.29) is 11.9 Å². The number of aromatic nitrogens is 2. The zero-order chi connectivity index (χ0) is 21.0. The number of aryl methyl sites for hydroxylation is 3. The fourth-order valence-corrected chi connectivity index (χ4v) is 5.56. The van der Waals surface area contributed by atoms with Crippen molar-refractivity contribution in [1.29, 1.82) is 0 Å². The van der Waals surface area contributed by atoms with Crippen molar-refractivity contribution >= 4 is 16.9 Å². The summed E-state index contributed by atoms with van der Waals surface area (Å²) >= 11 is 0. The highest BCUT2D eigenvalue weighted by Crippen LogP contribution is 2.41. The number of carbonyl (C=O) groups is 1. The molecule has 0 spiro atoms. The van der Waals surface area contributed by atoms with E-state index in [4.69, 9.17) is 4.42 Å². The summed E-state index contributed by atoms with van der Waals surface area (Å²) in [6.45, 7) is 7.74. The Morgan fingerprint density at radius 2 is 1.97 bits per heavy atom. The average molecular weight is 408 g/mol. The summed E-state index contributed by atoms with van der Waals surface area (Å²) in [6, 6.07) is 4.06. The molecule has 3 aromatic rings. The van der Waals surface area contributed by atoms with Crippen LogP contribution in [0.15, 0.2) is 35.2 Å². The smallest absolute Gasteiger partial charge is 0.227 e. The summed E-state index contributed by atoms with van der Waals surface area (Å²) in [6.07, 6.45) is 6.97. The van der Waals surface area contributed by atoms with Gasteiger partial charge in [0.1, 0.15) is 5.58 Å². The number of fused-ring (bicyclic) bond motifs is 2. The van der Waals surface area contributed by atoms with Crippen LogP contribution in [0.3, 0.4) is 0 Å². The van der Waals surface area contributed by atoms with Crippen LogP contribution in [0.25, 0.3) is 11.0 Å². The van der Waals surface area contributed by atoms with Crippen LogP contribution >= 0.6 is 0 Å². The Labute approximate surface area is 176 Å². The van der Waals surface area contributed by atoms with Gasteiger partial charge in [-0.2, -0.15) is 5.10 Å². The predicted molar refractivity (Wildman–Crippen MR) is 114 cm³/mol. The third-order valence-electron chi connectivity index (χ3n) is 7.29. The number of benzene rings is 1. The topological polar surface area (TPSA) is 71.5 Å². The molecule has 158 valence electrons. The minimum absolute atomic E-state index is 0.00276. The van der Waals surface area contributed by atoms with Crippen LogP contribution in [0.4, 0.5) is 0 Å². The summed E-state index contributed by atoms with van der Waals surface area (Å²) in [5.41, 5.74) is 5.38. The van der Waals surface area contributed by atoms with Crippen molar-refractivity contribution in [2.45, 2.75) is 52.2 Å². The fraction of sp³-hybridized carbons (Fsp3) is 0.500. The van der Waals surface area contributed by atoms with Crippen LogP contribution < -0.4 is 0 Å². The van der Waals surface area contributed by atoms with Crippen LogP contribution in [0.5, 0.6) is 0 Å². The van der Waals surface area contributed by atoms with Crippen LogP contribution in [-0.4, -0.2) is 44.9 Å². The molecule has 2 aromatic heterocycles. The van der Waals surface area contributed by atoms with Gasteiger partial charge < -0.3 is 14.4 Å². The number of nitrogens with zero attached hydrogens (tertiary/aromatic N) is 3. The molecule has 0 unspecified atom stereocenters. The number of hydrogen-bond acceptors (Lipinski definition) is 4. The van der Waals surface area contributed by atoms with Crippen molar-refractivity contribution in [2.75, 3.05) is 13.1 Å². The molecule has 1 aromatic carbocycles. The number of aliphatic hydroxyl groups is 1. The molecule has 6 nitrogen and oxygen atoms in total. The van der Waals surface area contributed by atoms with E-state index >= 15 is 0 Å². The van der Waals surface area contributed by atoms with Gasteiger partial charge in [0.05, 0.1) is 24.8 Å². The molecule has 1 saturated carbocycles. The summed E-state index contributed by atoms with van der Waals surface area (Å²) in [7, 11) is 0. The second kappa shape index (κ2) is 7.27. The summed E-state index contributed by atoms with van der Waals surface area (Å²) in [5, 5.41) is 16.0. The molecule has 3 heterocycles. The first-order valence-electron chi connectivity index (χ1n) is 10.8. The van der Waals surface area contributed by atoms with Crippen LogP contribution in [-0.2, 0) is 11.2 Å². The maximum atomic E-state index is 13.2. The number of rotatable bonds is 3. The molecule has 5 rings (SSSR count). The van der Waals surface area contributed by atoms with Crippen LogP contribution in [0, 0.1) is 32.6 Å². The molecule has 0 radical (unpaired) electrons. The Bertz CT molecular complexity index is 1090. The Morgan fingerprint density at radius 1 is 1.20 bits per heavy atom. The third kappa shape index (κ3) is 3.14. The van der Waals surface area contributed by atoms with Crippen molar-refractivity contribution in [3.05, 3.63) is 53.0 Å². The Morgan fingerprint density at radius 3 is 2.70 bits per heavy atom. The van der Waals surface area contributed by atoms with E-state index in [2.05, 4.69) is 31.9 Å². The first-order valence-corrected chi connectivity index (χ1v) is 10.8. The number of furan rings is 1. The molecule has 1 N–H and O–H groups in total. The minimum Gasteiger partial charge on any atom is -0.464 e. The monoisotopic (exact) mass is 407 g/mol. The average Bonchev–Trinajstić information content (AvgIpc) is 3.44. The van der Waals surface area contributed by atoms with E-state index in [1.54, 1.807) is 12.5 Å². The molecule has 1 amide bonds. The van der Waals surface area contributed by atoms with Crippen molar-refractivity contribution in [2.24, 2.45) is 11.8 Å². The predicted octanol–water partition coefficient (Wildman–Crippen LogP) is 3.57. The van der Waals surface area contributed by atoms with Gasteiger partial charge in [-0.1, -0.05) is 6.07 Å². The van der Waals surface area contributed by atoms with E-state index in [0.29, 0.717) is 18.3 Å². The van der Waals surface area contributed by atoms with Crippen LogP contribution in [0.1, 0.15) is 41.1 Å². The third-order valence-corrected chi connectivity index (χ3v) is 7.29. The number of hydrogen-bond donors (Lipinski definition) is 1. The lowest BCUT2D eigenvalue weighted by molar-refractivity contribution is -0.129. The standard InChI is InChI=1S/C24H29N3O3/c1-14-7-15(2)23-19(13-30-24(23)16(14)3)10-22(29)26-11-17-8-20(27-6-4-5-25-27)21(28)9-18(17)12-26/h4-7,13,17-18,20-21,28H,8-12H2,1-3H3/t17-,18+,20-,21-/m1/s1. The summed E-state index contributed by atoms with van der Waals surface area (Å²) in [4.78, 5) is 15.1. The van der Waals surface area contributed by atoms with E-state index in [1.807, 2.05) is 21.8 Å². The van der Waals surface area contributed by atoms with Gasteiger partial charge in [-0.25, -0.2) is 0 Å². The maximum Gasteiger partial charge on any atom is 0.227 e. The van der Waals surface area contributed by atoms with Crippen molar-refractivity contribution in [3.8, 4) is 0 Å². The van der Waals surface area contributed by atoms with E-state index in [9.17, 15) is 9.90 Å². The van der Waals surface area contributed by atoms with E-state index < -0.39 is 6.10 Å².